The SMILES string of the molecule is CCC12c3ccc(CC(C)C)cc3-c3cc4cc5c(cc4c[n+]3C1(CC)C2C)C(C)(C)CCC5(C)C. The van der Waals surface area contributed by atoms with Crippen molar-refractivity contribution in [3.63, 3.8) is 0 Å². The summed E-state index contributed by atoms with van der Waals surface area (Å²) in [5, 5.41) is 2.83. The van der Waals surface area contributed by atoms with Gasteiger partial charge in [0.25, 0.3) is 0 Å². The molecular formula is C35H46N+. The number of fused-ring (bicyclic) bond motifs is 8. The van der Waals surface area contributed by atoms with E-state index in [-0.39, 0.29) is 21.8 Å². The van der Waals surface area contributed by atoms with Gasteiger partial charge < -0.3 is 0 Å². The van der Waals surface area contributed by atoms with Gasteiger partial charge in [-0.15, -0.1) is 0 Å². The van der Waals surface area contributed by atoms with Crippen molar-refractivity contribution in [3.8, 4) is 11.3 Å². The van der Waals surface area contributed by atoms with Crippen LogP contribution in [0.1, 0.15) is 110 Å². The first kappa shape index (κ1) is 24.2. The first-order valence-corrected chi connectivity index (χ1v) is 14.6. The van der Waals surface area contributed by atoms with E-state index in [2.05, 4.69) is 109 Å². The third kappa shape index (κ3) is 2.87. The van der Waals surface area contributed by atoms with Crippen molar-refractivity contribution in [2.75, 3.05) is 0 Å². The van der Waals surface area contributed by atoms with Crippen LogP contribution in [0.4, 0.5) is 0 Å². The molecule has 1 nitrogen and oxygen atoms in total. The first-order valence-electron chi connectivity index (χ1n) is 14.6. The van der Waals surface area contributed by atoms with E-state index in [4.69, 9.17) is 0 Å². The molecule has 2 aromatic carbocycles. The van der Waals surface area contributed by atoms with Gasteiger partial charge in [0, 0.05) is 23.8 Å². The van der Waals surface area contributed by atoms with Crippen molar-refractivity contribution in [1.29, 1.82) is 0 Å². The molecule has 1 heteroatoms. The Morgan fingerprint density at radius 2 is 1.47 bits per heavy atom. The Balaban J connectivity index is 1.67. The molecular weight excluding hydrogens is 434 g/mol. The summed E-state index contributed by atoms with van der Waals surface area (Å²) in [6.45, 7) is 21.8. The lowest BCUT2D eigenvalue weighted by Crippen LogP contribution is -2.55. The molecule has 0 bridgehead atoms. The Labute approximate surface area is 219 Å². The predicted octanol–water partition coefficient (Wildman–Crippen LogP) is 8.76. The van der Waals surface area contributed by atoms with Crippen molar-refractivity contribution in [2.45, 2.75) is 116 Å². The lowest BCUT2D eigenvalue weighted by Gasteiger charge is -2.42. The molecule has 0 radical (unpaired) electrons. The number of rotatable bonds is 4. The van der Waals surface area contributed by atoms with E-state index in [1.807, 2.05) is 0 Å². The minimum absolute atomic E-state index is 0.183. The monoisotopic (exact) mass is 480 g/mol. The van der Waals surface area contributed by atoms with Crippen LogP contribution in [0.5, 0.6) is 0 Å². The number of aromatic nitrogens is 1. The second-order valence-electron chi connectivity index (χ2n) is 14.1. The summed E-state index contributed by atoms with van der Waals surface area (Å²) >= 11 is 0. The van der Waals surface area contributed by atoms with E-state index in [0.717, 1.165) is 6.42 Å². The van der Waals surface area contributed by atoms with E-state index < -0.39 is 0 Å². The molecule has 0 saturated heterocycles. The van der Waals surface area contributed by atoms with Gasteiger partial charge in [0.1, 0.15) is 0 Å². The second kappa shape index (κ2) is 7.46. The summed E-state index contributed by atoms with van der Waals surface area (Å²) < 4.78 is 2.75. The van der Waals surface area contributed by atoms with Crippen molar-refractivity contribution in [1.82, 2.24) is 0 Å². The summed E-state index contributed by atoms with van der Waals surface area (Å²) in [5.41, 5.74) is 10.0. The Bertz CT molecular complexity index is 1390. The number of nitrogens with zero attached hydrogens (tertiary/aromatic N) is 1. The fraction of sp³-hybridized carbons (Fsp3) is 0.571. The molecule has 2 heterocycles. The van der Waals surface area contributed by atoms with Crippen LogP contribution in [0, 0.1) is 11.8 Å². The van der Waals surface area contributed by atoms with Crippen molar-refractivity contribution in [2.24, 2.45) is 11.8 Å². The summed E-state index contributed by atoms with van der Waals surface area (Å²) in [5.74, 6) is 1.31. The van der Waals surface area contributed by atoms with Crippen LogP contribution >= 0.6 is 0 Å². The van der Waals surface area contributed by atoms with E-state index >= 15 is 0 Å². The molecule has 36 heavy (non-hydrogen) atoms. The van der Waals surface area contributed by atoms with E-state index in [1.165, 1.54) is 53.3 Å². The molecule has 3 atom stereocenters. The van der Waals surface area contributed by atoms with Crippen LogP contribution in [0.2, 0.25) is 0 Å². The normalized spacial score (nSPS) is 28.9. The highest BCUT2D eigenvalue weighted by Gasteiger charge is 2.82. The van der Waals surface area contributed by atoms with Gasteiger partial charge in [-0.05, 0) is 88.3 Å². The molecule has 1 saturated carbocycles. The molecule has 0 amide bonds. The highest BCUT2D eigenvalue weighted by Crippen LogP contribution is 2.71. The van der Waals surface area contributed by atoms with Gasteiger partial charge in [0.15, 0.2) is 11.7 Å². The van der Waals surface area contributed by atoms with Gasteiger partial charge in [0.2, 0.25) is 5.69 Å². The number of benzene rings is 2. The molecule has 1 aliphatic heterocycles. The average molecular weight is 481 g/mol. The highest BCUT2D eigenvalue weighted by molar-refractivity contribution is 5.87. The van der Waals surface area contributed by atoms with Crippen LogP contribution in [-0.4, -0.2) is 0 Å². The van der Waals surface area contributed by atoms with E-state index in [9.17, 15) is 0 Å². The summed E-state index contributed by atoms with van der Waals surface area (Å²) in [6, 6.07) is 15.2. The summed E-state index contributed by atoms with van der Waals surface area (Å²) in [7, 11) is 0. The number of hydrogen-bond acceptors (Lipinski definition) is 0. The third-order valence-electron chi connectivity index (χ3n) is 11.0. The van der Waals surface area contributed by atoms with Gasteiger partial charge in [-0.3, -0.25) is 0 Å². The molecule has 2 aliphatic carbocycles. The largest absolute Gasteiger partial charge is 0.213 e. The van der Waals surface area contributed by atoms with Crippen LogP contribution < -0.4 is 4.57 Å². The Kier molecular flexibility index (Phi) is 5.01. The zero-order chi connectivity index (χ0) is 25.8. The van der Waals surface area contributed by atoms with E-state index in [1.54, 1.807) is 16.7 Å². The predicted molar refractivity (Wildman–Crippen MR) is 153 cm³/mol. The van der Waals surface area contributed by atoms with E-state index in [0.29, 0.717) is 11.8 Å². The molecule has 6 rings (SSSR count). The lowest BCUT2D eigenvalue weighted by molar-refractivity contribution is -0.737. The second-order valence-corrected chi connectivity index (χ2v) is 14.1. The van der Waals surface area contributed by atoms with Gasteiger partial charge in [-0.2, -0.15) is 4.57 Å². The summed E-state index contributed by atoms with van der Waals surface area (Å²) in [4.78, 5) is 0. The molecule has 1 fully saturated rings. The molecule has 190 valence electrons. The number of hydrogen-bond donors (Lipinski definition) is 0. The Morgan fingerprint density at radius 1 is 0.833 bits per heavy atom. The molecule has 3 aliphatic rings. The molecule has 0 N–H and O–H groups in total. The van der Waals surface area contributed by atoms with Crippen molar-refractivity contribution >= 4 is 10.8 Å². The zero-order valence-electron chi connectivity index (χ0n) is 24.2. The molecule has 3 unspecified atom stereocenters. The molecule has 1 aromatic heterocycles. The maximum Gasteiger partial charge on any atom is 0.213 e. The zero-order valence-corrected chi connectivity index (χ0v) is 24.2. The minimum atomic E-state index is 0.183. The topological polar surface area (TPSA) is 3.88 Å². The van der Waals surface area contributed by atoms with Crippen LogP contribution in [0.3, 0.4) is 0 Å². The van der Waals surface area contributed by atoms with Crippen LogP contribution in [0.25, 0.3) is 22.0 Å². The maximum absolute atomic E-state index is 2.75. The third-order valence-corrected chi connectivity index (χ3v) is 11.0. The highest BCUT2D eigenvalue weighted by atomic mass is 15.2. The first-order chi connectivity index (χ1) is 16.9. The maximum atomic E-state index is 2.75. The van der Waals surface area contributed by atoms with Crippen LogP contribution in [0.15, 0.2) is 42.6 Å². The van der Waals surface area contributed by atoms with Crippen LogP contribution in [-0.2, 0) is 28.2 Å². The van der Waals surface area contributed by atoms with Crippen molar-refractivity contribution < 1.29 is 4.57 Å². The van der Waals surface area contributed by atoms with Gasteiger partial charge in [0.05, 0.1) is 11.0 Å². The van der Waals surface area contributed by atoms with Crippen molar-refractivity contribution in [3.05, 3.63) is 64.8 Å². The lowest BCUT2D eigenvalue weighted by atomic mass is 9.63. The minimum Gasteiger partial charge on any atom is -0.191 e. The fourth-order valence-electron chi connectivity index (χ4n) is 8.92. The van der Waals surface area contributed by atoms with Gasteiger partial charge in [-0.25, -0.2) is 0 Å². The fourth-order valence-corrected chi connectivity index (χ4v) is 8.92. The van der Waals surface area contributed by atoms with Gasteiger partial charge >= 0.3 is 0 Å². The standard InChI is InChI=1S/C35H46N/c1-10-34-23(5)35(34,11-2)36-21-26-19-30-29(32(6,7)14-15-33(30,8)9)18-25(26)20-31(36)27-17-24(16-22(3)4)12-13-28(27)34/h12-13,17-23H,10-11,14-16H2,1-9H3/q+1. The quantitative estimate of drug-likeness (QED) is 0.329. The summed E-state index contributed by atoms with van der Waals surface area (Å²) in [6.07, 6.45) is 8.60. The molecule has 3 aromatic rings. The van der Waals surface area contributed by atoms with Gasteiger partial charge in [-0.1, -0.05) is 74.4 Å². The Morgan fingerprint density at radius 3 is 2.06 bits per heavy atom. The smallest absolute Gasteiger partial charge is 0.191 e. The molecule has 0 spiro atoms. The number of pyridine rings is 1. The Hall–Kier alpha value is -2.15. The average Bonchev–Trinajstić information content (AvgIpc) is 3.39.